The molecular formula is C17H24FN3O2. The molecule has 6 heteroatoms. The number of nitrogens with one attached hydrogen (secondary N) is 2. The fourth-order valence-electron chi connectivity index (χ4n) is 2.81. The lowest BCUT2D eigenvalue weighted by atomic mass is 10.1. The molecule has 1 amide bonds. The summed E-state index contributed by atoms with van der Waals surface area (Å²) in [4.78, 5) is 13.6. The third kappa shape index (κ3) is 4.65. The van der Waals surface area contributed by atoms with Crippen LogP contribution in [0.4, 0.5) is 10.1 Å². The summed E-state index contributed by atoms with van der Waals surface area (Å²) in [5, 5.41) is 15.5. The van der Waals surface area contributed by atoms with Gasteiger partial charge in [0.25, 0.3) is 0 Å². The van der Waals surface area contributed by atoms with Crippen molar-refractivity contribution in [2.24, 2.45) is 0 Å². The van der Waals surface area contributed by atoms with Gasteiger partial charge in [0.2, 0.25) is 5.91 Å². The number of rotatable bonds is 6. The van der Waals surface area contributed by atoms with Crippen LogP contribution in [-0.4, -0.2) is 42.8 Å². The van der Waals surface area contributed by atoms with E-state index in [1.54, 1.807) is 6.07 Å². The summed E-state index contributed by atoms with van der Waals surface area (Å²) in [7, 11) is 0. The molecule has 1 saturated heterocycles. The van der Waals surface area contributed by atoms with Gasteiger partial charge in [-0.2, -0.15) is 0 Å². The molecule has 2 fully saturated rings. The summed E-state index contributed by atoms with van der Waals surface area (Å²) < 4.78 is 14.3. The lowest BCUT2D eigenvalue weighted by Crippen LogP contribution is -2.36. The maximum atomic E-state index is 14.3. The predicted molar refractivity (Wildman–Crippen MR) is 86.7 cm³/mol. The zero-order valence-corrected chi connectivity index (χ0v) is 13.2. The van der Waals surface area contributed by atoms with E-state index in [2.05, 4.69) is 10.6 Å². The highest BCUT2D eigenvalue weighted by atomic mass is 19.1. The summed E-state index contributed by atoms with van der Waals surface area (Å²) in [5.41, 5.74) is 1.32. The minimum Gasteiger partial charge on any atom is -0.393 e. The molecule has 0 aromatic heterocycles. The smallest absolute Gasteiger partial charge is 0.234 e. The fourth-order valence-corrected chi connectivity index (χ4v) is 2.81. The Morgan fingerprint density at radius 1 is 1.26 bits per heavy atom. The fraction of sp³-hybridized carbons (Fsp3) is 0.588. The molecule has 1 heterocycles. The molecule has 0 spiro atoms. The number of nitrogens with zero attached hydrogens (tertiary/aromatic N) is 1. The van der Waals surface area contributed by atoms with Gasteiger partial charge in [0.15, 0.2) is 0 Å². The lowest BCUT2D eigenvalue weighted by molar-refractivity contribution is -0.120. The number of piperidine rings is 1. The number of carbonyl (C=O) groups is 1. The van der Waals surface area contributed by atoms with Crippen molar-refractivity contribution in [2.75, 3.05) is 24.5 Å². The quantitative estimate of drug-likeness (QED) is 0.736. The molecule has 3 N–H and O–H groups in total. The molecular weight excluding hydrogens is 297 g/mol. The Bertz CT molecular complexity index is 555. The second-order valence-corrected chi connectivity index (χ2v) is 6.44. The maximum absolute atomic E-state index is 14.3. The van der Waals surface area contributed by atoms with Crippen molar-refractivity contribution in [3.05, 3.63) is 29.6 Å². The molecule has 3 rings (SSSR count). The van der Waals surface area contributed by atoms with Crippen molar-refractivity contribution >= 4 is 11.6 Å². The van der Waals surface area contributed by atoms with Gasteiger partial charge >= 0.3 is 0 Å². The third-order valence-corrected chi connectivity index (χ3v) is 4.44. The highest BCUT2D eigenvalue weighted by Gasteiger charge is 2.21. The highest BCUT2D eigenvalue weighted by molar-refractivity contribution is 5.78. The molecule has 0 radical (unpaired) electrons. The minimum absolute atomic E-state index is 0.0635. The molecule has 0 atom stereocenters. The van der Waals surface area contributed by atoms with Crippen LogP contribution in [0.15, 0.2) is 18.2 Å². The van der Waals surface area contributed by atoms with E-state index in [-0.39, 0.29) is 17.8 Å². The van der Waals surface area contributed by atoms with E-state index in [1.807, 2.05) is 11.0 Å². The maximum Gasteiger partial charge on any atom is 0.234 e. The predicted octanol–water partition coefficient (Wildman–Crippen LogP) is 1.15. The van der Waals surface area contributed by atoms with Gasteiger partial charge in [-0.15, -0.1) is 0 Å². The number of aliphatic hydroxyl groups is 1. The van der Waals surface area contributed by atoms with Crippen molar-refractivity contribution < 1.29 is 14.3 Å². The van der Waals surface area contributed by atoms with Crippen LogP contribution in [0.3, 0.4) is 0 Å². The highest BCUT2D eigenvalue weighted by Crippen LogP contribution is 2.24. The van der Waals surface area contributed by atoms with Gasteiger partial charge in [0.1, 0.15) is 5.82 Å². The molecule has 1 aromatic rings. The molecule has 1 aliphatic heterocycles. The van der Waals surface area contributed by atoms with Crippen LogP contribution < -0.4 is 15.5 Å². The van der Waals surface area contributed by atoms with Crippen molar-refractivity contribution in [2.45, 2.75) is 44.4 Å². The van der Waals surface area contributed by atoms with Crippen LogP contribution in [0.25, 0.3) is 0 Å². The zero-order valence-electron chi connectivity index (χ0n) is 13.2. The van der Waals surface area contributed by atoms with E-state index in [4.69, 9.17) is 0 Å². The number of aliphatic hydroxyl groups excluding tert-OH is 1. The van der Waals surface area contributed by atoms with Gasteiger partial charge in [-0.1, -0.05) is 6.07 Å². The van der Waals surface area contributed by atoms with Gasteiger partial charge in [0, 0.05) is 25.7 Å². The summed E-state index contributed by atoms with van der Waals surface area (Å²) >= 11 is 0. The molecule has 0 bridgehead atoms. The average Bonchev–Trinajstić information content (AvgIpc) is 3.36. The Hall–Kier alpha value is -1.66. The molecule has 0 unspecified atom stereocenters. The second kappa shape index (κ2) is 7.27. The zero-order chi connectivity index (χ0) is 16.2. The Morgan fingerprint density at radius 3 is 2.65 bits per heavy atom. The number of hydrogen-bond acceptors (Lipinski definition) is 4. The van der Waals surface area contributed by atoms with Gasteiger partial charge in [-0.3, -0.25) is 4.79 Å². The summed E-state index contributed by atoms with van der Waals surface area (Å²) in [6.07, 6.45) is 3.37. The first-order valence-electron chi connectivity index (χ1n) is 8.33. The van der Waals surface area contributed by atoms with Gasteiger partial charge in [0.05, 0.1) is 18.3 Å². The van der Waals surface area contributed by atoms with E-state index in [0.717, 1.165) is 18.4 Å². The SMILES string of the molecule is O=C(CNC1CC1)NCc1ccc(N2CCC(O)CC2)c(F)c1. The molecule has 2 aliphatic rings. The van der Waals surface area contributed by atoms with Gasteiger partial charge < -0.3 is 20.6 Å². The Balaban J connectivity index is 1.50. The molecule has 1 aromatic carbocycles. The van der Waals surface area contributed by atoms with Crippen LogP contribution in [0, 0.1) is 5.82 Å². The first kappa shape index (κ1) is 16.2. The standard InChI is InChI=1S/C17H24FN3O2/c18-15-9-12(10-20-17(23)11-19-13-2-3-13)1-4-16(15)21-7-5-14(22)6-8-21/h1,4,9,13-14,19,22H,2-3,5-8,10-11H2,(H,20,23). The van der Waals surface area contributed by atoms with Crippen molar-refractivity contribution in [3.63, 3.8) is 0 Å². The summed E-state index contributed by atoms with van der Waals surface area (Å²) in [6.45, 7) is 1.99. The molecule has 23 heavy (non-hydrogen) atoms. The second-order valence-electron chi connectivity index (χ2n) is 6.44. The van der Waals surface area contributed by atoms with E-state index in [1.165, 1.54) is 6.07 Å². The first-order valence-corrected chi connectivity index (χ1v) is 8.33. The summed E-state index contributed by atoms with van der Waals surface area (Å²) in [6, 6.07) is 5.59. The van der Waals surface area contributed by atoms with Crippen LogP contribution in [-0.2, 0) is 11.3 Å². The number of halogens is 1. The van der Waals surface area contributed by atoms with Crippen LogP contribution in [0.1, 0.15) is 31.2 Å². The van der Waals surface area contributed by atoms with Gasteiger partial charge in [-0.25, -0.2) is 4.39 Å². The number of carbonyl (C=O) groups excluding carboxylic acids is 1. The van der Waals surface area contributed by atoms with Crippen LogP contribution in [0.2, 0.25) is 0 Å². The van der Waals surface area contributed by atoms with E-state index < -0.39 is 0 Å². The van der Waals surface area contributed by atoms with E-state index in [0.29, 0.717) is 50.7 Å². The minimum atomic E-state index is -0.274. The van der Waals surface area contributed by atoms with Crippen molar-refractivity contribution in [1.29, 1.82) is 0 Å². The normalized spacial score (nSPS) is 19.0. The molecule has 126 valence electrons. The Morgan fingerprint density at radius 2 is 2.00 bits per heavy atom. The number of amides is 1. The van der Waals surface area contributed by atoms with Crippen LogP contribution >= 0.6 is 0 Å². The van der Waals surface area contributed by atoms with Crippen molar-refractivity contribution in [1.82, 2.24) is 10.6 Å². The molecule has 5 nitrogen and oxygen atoms in total. The van der Waals surface area contributed by atoms with E-state index >= 15 is 0 Å². The summed E-state index contributed by atoms with van der Waals surface area (Å²) in [5.74, 6) is -0.337. The first-order chi connectivity index (χ1) is 11.1. The monoisotopic (exact) mass is 321 g/mol. The Labute approximate surface area is 135 Å². The number of hydrogen-bond donors (Lipinski definition) is 3. The lowest BCUT2D eigenvalue weighted by Gasteiger charge is -2.31. The largest absolute Gasteiger partial charge is 0.393 e. The number of benzene rings is 1. The Kier molecular flexibility index (Phi) is 5.13. The van der Waals surface area contributed by atoms with Crippen LogP contribution in [0.5, 0.6) is 0 Å². The molecule has 1 aliphatic carbocycles. The number of anilines is 1. The third-order valence-electron chi connectivity index (χ3n) is 4.44. The van der Waals surface area contributed by atoms with Gasteiger partial charge in [-0.05, 0) is 43.4 Å². The van der Waals surface area contributed by atoms with E-state index in [9.17, 15) is 14.3 Å². The van der Waals surface area contributed by atoms with Crippen molar-refractivity contribution in [3.8, 4) is 0 Å². The molecule has 1 saturated carbocycles. The average molecular weight is 321 g/mol. The topological polar surface area (TPSA) is 64.6 Å².